The summed E-state index contributed by atoms with van der Waals surface area (Å²) >= 11 is 0. The quantitative estimate of drug-likeness (QED) is 0.147. The van der Waals surface area contributed by atoms with Crippen LogP contribution in [-0.2, 0) is 0 Å². The van der Waals surface area contributed by atoms with Crippen molar-refractivity contribution in [2.75, 3.05) is 0 Å². The van der Waals surface area contributed by atoms with Gasteiger partial charge >= 0.3 is 0 Å². The zero-order valence-electron chi connectivity index (χ0n) is 30.7. The second-order valence-corrected chi connectivity index (χ2v) is 13.7. The average molecular weight is 699 g/mol. The van der Waals surface area contributed by atoms with Gasteiger partial charge in [0.2, 0.25) is 0 Å². The fourth-order valence-electron chi connectivity index (χ4n) is 6.02. The molecule has 260 valence electrons. The predicted octanol–water partition coefficient (Wildman–Crippen LogP) is 11.5. The van der Waals surface area contributed by atoms with E-state index in [0.29, 0.717) is 34.9 Å². The molecule has 2 heterocycles. The fraction of sp³-hybridized carbons (Fsp3) is 0.0833. The molecule has 0 radical (unpaired) electrons. The molecule has 0 atom stereocenters. The smallest absolute Gasteiger partial charge is 0.164 e. The minimum atomic E-state index is 0.636. The Balaban J connectivity index is 1.05. The number of aryl methyl sites for hydroxylation is 4. The van der Waals surface area contributed by atoms with Crippen molar-refractivity contribution in [3.05, 3.63) is 179 Å². The van der Waals surface area contributed by atoms with Crippen LogP contribution in [0, 0.1) is 27.7 Å². The molecule has 0 spiro atoms. The second-order valence-electron chi connectivity index (χ2n) is 13.7. The van der Waals surface area contributed by atoms with Crippen LogP contribution in [0.5, 0.6) is 0 Å². The van der Waals surface area contributed by atoms with Crippen LogP contribution in [0.25, 0.3) is 80.5 Å². The summed E-state index contributed by atoms with van der Waals surface area (Å²) in [7, 11) is 0. The molecule has 0 N–H and O–H groups in total. The Hall–Kier alpha value is -6.92. The minimum absolute atomic E-state index is 0.636. The molecule has 0 amide bonds. The van der Waals surface area contributed by atoms with Crippen molar-refractivity contribution in [2.45, 2.75) is 27.7 Å². The van der Waals surface area contributed by atoms with Gasteiger partial charge in [-0.25, -0.2) is 29.9 Å². The van der Waals surface area contributed by atoms with Crippen molar-refractivity contribution in [3.63, 3.8) is 0 Å². The van der Waals surface area contributed by atoms with Crippen molar-refractivity contribution >= 4 is 12.2 Å². The van der Waals surface area contributed by atoms with Gasteiger partial charge in [0.05, 0.1) is 0 Å². The molecule has 6 nitrogen and oxygen atoms in total. The maximum atomic E-state index is 4.90. The highest BCUT2D eigenvalue weighted by Gasteiger charge is 2.14. The molecule has 0 unspecified atom stereocenters. The minimum Gasteiger partial charge on any atom is -0.208 e. The molecule has 8 aromatic rings. The lowest BCUT2D eigenvalue weighted by Gasteiger charge is -2.09. The van der Waals surface area contributed by atoms with Gasteiger partial charge in [0.1, 0.15) is 0 Å². The summed E-state index contributed by atoms with van der Waals surface area (Å²) in [4.78, 5) is 29.3. The molecule has 0 saturated carbocycles. The van der Waals surface area contributed by atoms with Gasteiger partial charge in [-0.1, -0.05) is 180 Å². The topological polar surface area (TPSA) is 77.3 Å². The molecule has 0 fully saturated rings. The Morgan fingerprint density at radius 2 is 0.407 bits per heavy atom. The average Bonchev–Trinajstić information content (AvgIpc) is 3.21. The monoisotopic (exact) mass is 698 g/mol. The summed E-state index contributed by atoms with van der Waals surface area (Å²) in [6.45, 7) is 8.31. The zero-order chi connectivity index (χ0) is 37.0. The van der Waals surface area contributed by atoms with Gasteiger partial charge in [-0.05, 0) is 38.8 Å². The van der Waals surface area contributed by atoms with Crippen molar-refractivity contribution in [2.24, 2.45) is 0 Å². The summed E-state index contributed by atoms with van der Waals surface area (Å²) < 4.78 is 0. The van der Waals surface area contributed by atoms with Crippen LogP contribution in [0.3, 0.4) is 0 Å². The molecule has 54 heavy (non-hydrogen) atoms. The largest absolute Gasteiger partial charge is 0.208 e. The van der Waals surface area contributed by atoms with Crippen molar-refractivity contribution in [1.82, 2.24) is 29.9 Å². The molecule has 0 saturated heterocycles. The fourth-order valence-corrected chi connectivity index (χ4v) is 6.02. The molecule has 2 aromatic heterocycles. The van der Waals surface area contributed by atoms with Crippen LogP contribution < -0.4 is 0 Å². The van der Waals surface area contributed by atoms with Gasteiger partial charge in [-0.2, -0.15) is 0 Å². The van der Waals surface area contributed by atoms with E-state index < -0.39 is 0 Å². The highest BCUT2D eigenvalue weighted by atomic mass is 15.0. The van der Waals surface area contributed by atoms with E-state index in [1.54, 1.807) is 0 Å². The maximum Gasteiger partial charge on any atom is 0.164 e. The molecule has 0 bridgehead atoms. The third kappa shape index (κ3) is 7.78. The molecular formula is C48H38N6. The van der Waals surface area contributed by atoms with E-state index in [9.17, 15) is 0 Å². The van der Waals surface area contributed by atoms with Gasteiger partial charge in [-0.3, -0.25) is 0 Å². The molecule has 0 aliphatic heterocycles. The van der Waals surface area contributed by atoms with Crippen molar-refractivity contribution < 1.29 is 0 Å². The van der Waals surface area contributed by atoms with Crippen molar-refractivity contribution in [3.8, 4) is 68.3 Å². The van der Waals surface area contributed by atoms with E-state index in [1.807, 2.05) is 0 Å². The third-order valence-corrected chi connectivity index (χ3v) is 9.32. The van der Waals surface area contributed by atoms with Crippen LogP contribution in [0.1, 0.15) is 33.4 Å². The second kappa shape index (κ2) is 15.0. The Labute approximate surface area is 316 Å². The van der Waals surface area contributed by atoms with Gasteiger partial charge in [-0.15, -0.1) is 0 Å². The number of nitrogens with zero attached hydrogens (tertiary/aromatic N) is 6. The predicted molar refractivity (Wildman–Crippen MR) is 220 cm³/mol. The Morgan fingerprint density at radius 1 is 0.241 bits per heavy atom. The van der Waals surface area contributed by atoms with E-state index in [1.165, 1.54) is 22.3 Å². The van der Waals surface area contributed by atoms with Gasteiger partial charge in [0, 0.05) is 33.4 Å². The van der Waals surface area contributed by atoms with Gasteiger partial charge in [0.15, 0.2) is 34.9 Å². The third-order valence-electron chi connectivity index (χ3n) is 9.32. The highest BCUT2D eigenvalue weighted by molar-refractivity contribution is 5.74. The molecule has 0 aliphatic carbocycles. The van der Waals surface area contributed by atoms with E-state index in [4.69, 9.17) is 29.9 Å². The first-order chi connectivity index (χ1) is 26.3. The molecule has 8 rings (SSSR count). The van der Waals surface area contributed by atoms with Gasteiger partial charge < -0.3 is 0 Å². The molecular weight excluding hydrogens is 661 g/mol. The first-order valence-electron chi connectivity index (χ1n) is 18.0. The maximum absolute atomic E-state index is 4.90. The number of aromatic nitrogens is 6. The Morgan fingerprint density at radius 3 is 0.593 bits per heavy atom. The first-order valence-corrected chi connectivity index (χ1v) is 18.0. The van der Waals surface area contributed by atoms with Gasteiger partial charge in [0.25, 0.3) is 0 Å². The summed E-state index contributed by atoms with van der Waals surface area (Å²) in [5.74, 6) is 3.87. The lowest BCUT2D eigenvalue weighted by atomic mass is 10.1. The van der Waals surface area contributed by atoms with Crippen LogP contribution in [0.15, 0.2) is 146 Å². The lowest BCUT2D eigenvalue weighted by Crippen LogP contribution is -2.00. The number of hydrogen-bond donors (Lipinski definition) is 0. The van der Waals surface area contributed by atoms with Crippen LogP contribution >= 0.6 is 0 Å². The van der Waals surface area contributed by atoms with Crippen molar-refractivity contribution in [1.29, 1.82) is 0 Å². The summed E-state index contributed by atoms with van der Waals surface area (Å²) in [5, 5.41) is 0. The summed E-state index contributed by atoms with van der Waals surface area (Å²) in [5.41, 5.74) is 12.6. The number of benzene rings is 6. The standard InChI is InChI=1S/C48H38N6/c1-31-5-19-37(20-6-31)43-49-44(38-21-7-32(2)8-22-38)52-47(51-43)41-27-15-35(16-28-41)13-14-36-17-29-42(30-18-36)48-53-45(39-23-9-33(3)10-24-39)50-46(54-48)40-25-11-34(4)12-26-40/h5-30H,1-4H3. The first kappa shape index (κ1) is 34.2. The highest BCUT2D eigenvalue weighted by Crippen LogP contribution is 2.28. The summed E-state index contributed by atoms with van der Waals surface area (Å²) in [6.07, 6.45) is 4.21. The Bertz CT molecular complexity index is 2260. The van der Waals surface area contributed by atoms with Crippen LogP contribution in [0.2, 0.25) is 0 Å². The molecule has 0 aliphatic rings. The van der Waals surface area contributed by atoms with Crippen LogP contribution in [0.4, 0.5) is 0 Å². The SMILES string of the molecule is Cc1ccc(-c2nc(-c3ccc(C)cc3)nc(-c3ccc(C=Cc4ccc(-c5nc(-c6ccc(C)cc6)nc(-c6ccc(C)cc6)n5)cc4)cc3)n2)cc1. The Kier molecular flexibility index (Phi) is 9.48. The summed E-state index contributed by atoms with van der Waals surface area (Å²) in [6, 6.07) is 49.7. The normalized spacial score (nSPS) is 11.3. The number of hydrogen-bond acceptors (Lipinski definition) is 6. The van der Waals surface area contributed by atoms with E-state index >= 15 is 0 Å². The molecule has 6 aromatic carbocycles. The van der Waals surface area contributed by atoms with Crippen LogP contribution in [-0.4, -0.2) is 29.9 Å². The zero-order valence-corrected chi connectivity index (χ0v) is 30.7. The van der Waals surface area contributed by atoms with E-state index in [-0.39, 0.29) is 0 Å². The lowest BCUT2D eigenvalue weighted by molar-refractivity contribution is 1.07. The van der Waals surface area contributed by atoms with E-state index in [2.05, 4.69) is 185 Å². The molecule has 6 heteroatoms. The van der Waals surface area contributed by atoms with E-state index in [0.717, 1.165) is 44.5 Å². The number of rotatable bonds is 8.